The molecule has 2 aromatic rings. The third kappa shape index (κ3) is 3.22. The van der Waals surface area contributed by atoms with Crippen molar-refractivity contribution in [2.24, 2.45) is 0 Å². The van der Waals surface area contributed by atoms with Gasteiger partial charge in [0, 0.05) is 18.1 Å². The SMILES string of the molecule is CCC(NS(=O)(=O)c1cc(N)cc(C)c1F)c1ncc[nH]1. The number of aryl methyl sites for hydroxylation is 1. The van der Waals surface area contributed by atoms with Crippen LogP contribution in [-0.2, 0) is 10.0 Å². The molecule has 4 N–H and O–H groups in total. The van der Waals surface area contributed by atoms with E-state index in [2.05, 4.69) is 14.7 Å². The number of aromatic amines is 1. The summed E-state index contributed by atoms with van der Waals surface area (Å²) in [6.07, 6.45) is 3.59. The van der Waals surface area contributed by atoms with E-state index in [9.17, 15) is 12.8 Å². The fourth-order valence-electron chi connectivity index (χ4n) is 2.01. The van der Waals surface area contributed by atoms with Gasteiger partial charge in [0.25, 0.3) is 0 Å². The van der Waals surface area contributed by atoms with Crippen LogP contribution >= 0.6 is 0 Å². The van der Waals surface area contributed by atoms with Gasteiger partial charge in [0.15, 0.2) is 0 Å². The van der Waals surface area contributed by atoms with Crippen LogP contribution in [0.2, 0.25) is 0 Å². The van der Waals surface area contributed by atoms with E-state index < -0.39 is 26.8 Å². The first-order chi connectivity index (χ1) is 9.85. The number of imidazole rings is 1. The van der Waals surface area contributed by atoms with Gasteiger partial charge in [-0.05, 0) is 31.0 Å². The van der Waals surface area contributed by atoms with E-state index in [0.29, 0.717) is 12.2 Å². The molecule has 0 saturated carbocycles. The standard InChI is InChI=1S/C13H17FN4O2S/c1-3-10(13-16-4-5-17-13)18-21(19,20)11-7-9(15)6-8(2)12(11)14/h4-7,10,18H,3,15H2,1-2H3,(H,16,17). The minimum absolute atomic E-state index is 0.182. The Morgan fingerprint density at radius 1 is 1.48 bits per heavy atom. The van der Waals surface area contributed by atoms with Crippen molar-refractivity contribution in [2.45, 2.75) is 31.2 Å². The zero-order valence-corrected chi connectivity index (χ0v) is 12.5. The Balaban J connectivity index is 2.39. The monoisotopic (exact) mass is 312 g/mol. The van der Waals surface area contributed by atoms with Gasteiger partial charge in [0.05, 0.1) is 6.04 Å². The first-order valence-electron chi connectivity index (χ1n) is 6.42. The summed E-state index contributed by atoms with van der Waals surface area (Å²) in [7, 11) is -4.04. The lowest BCUT2D eigenvalue weighted by molar-refractivity contribution is 0.525. The maximum Gasteiger partial charge on any atom is 0.244 e. The second kappa shape index (κ2) is 5.82. The van der Waals surface area contributed by atoms with Crippen molar-refractivity contribution in [3.63, 3.8) is 0 Å². The van der Waals surface area contributed by atoms with Crippen molar-refractivity contribution in [1.29, 1.82) is 0 Å². The number of aromatic nitrogens is 2. The molecule has 6 nitrogen and oxygen atoms in total. The van der Waals surface area contributed by atoms with E-state index in [1.807, 2.05) is 0 Å². The lowest BCUT2D eigenvalue weighted by Gasteiger charge is -2.16. The average Bonchev–Trinajstić information content (AvgIpc) is 2.94. The number of hydrogen-bond donors (Lipinski definition) is 3. The van der Waals surface area contributed by atoms with E-state index in [4.69, 9.17) is 5.73 Å². The molecule has 1 unspecified atom stereocenters. The van der Waals surface area contributed by atoms with Gasteiger partial charge in [0.1, 0.15) is 16.5 Å². The number of benzene rings is 1. The van der Waals surface area contributed by atoms with Gasteiger partial charge in [-0.25, -0.2) is 22.5 Å². The molecule has 2 rings (SSSR count). The summed E-state index contributed by atoms with van der Waals surface area (Å²) in [6, 6.07) is 1.93. The van der Waals surface area contributed by atoms with E-state index in [1.54, 1.807) is 13.1 Å². The smallest absolute Gasteiger partial charge is 0.244 e. The summed E-state index contributed by atoms with van der Waals surface area (Å²) in [5.41, 5.74) is 5.98. The Hall–Kier alpha value is -1.93. The predicted molar refractivity (Wildman–Crippen MR) is 77.5 cm³/mol. The molecule has 0 radical (unpaired) electrons. The summed E-state index contributed by atoms with van der Waals surface area (Å²) in [4.78, 5) is 6.41. The molecule has 0 aliphatic rings. The number of H-pyrrole nitrogens is 1. The first kappa shape index (κ1) is 15.5. The minimum Gasteiger partial charge on any atom is -0.399 e. The van der Waals surface area contributed by atoms with E-state index in [1.165, 1.54) is 19.2 Å². The van der Waals surface area contributed by atoms with E-state index >= 15 is 0 Å². The molecular formula is C13H17FN4O2S. The lowest BCUT2D eigenvalue weighted by atomic mass is 10.2. The Kier molecular flexibility index (Phi) is 4.29. The number of anilines is 1. The molecule has 0 aliphatic heterocycles. The van der Waals surface area contributed by atoms with Crippen LogP contribution in [0.25, 0.3) is 0 Å². The Morgan fingerprint density at radius 2 is 2.19 bits per heavy atom. The van der Waals surface area contributed by atoms with Gasteiger partial charge in [0.2, 0.25) is 10.0 Å². The molecule has 1 heterocycles. The molecular weight excluding hydrogens is 295 g/mol. The van der Waals surface area contributed by atoms with Crippen LogP contribution in [0, 0.1) is 12.7 Å². The zero-order valence-electron chi connectivity index (χ0n) is 11.7. The third-order valence-corrected chi connectivity index (χ3v) is 4.56. The summed E-state index contributed by atoms with van der Waals surface area (Å²) < 4.78 is 41.3. The maximum absolute atomic E-state index is 14.1. The highest BCUT2D eigenvalue weighted by molar-refractivity contribution is 7.89. The van der Waals surface area contributed by atoms with Gasteiger partial charge in [-0.2, -0.15) is 0 Å². The average molecular weight is 312 g/mol. The van der Waals surface area contributed by atoms with Gasteiger partial charge in [-0.3, -0.25) is 0 Å². The van der Waals surface area contributed by atoms with Crippen molar-refractivity contribution >= 4 is 15.7 Å². The lowest BCUT2D eigenvalue weighted by Crippen LogP contribution is -2.30. The molecule has 1 aromatic carbocycles. The molecule has 8 heteroatoms. The summed E-state index contributed by atoms with van der Waals surface area (Å²) >= 11 is 0. The number of nitrogens with zero attached hydrogens (tertiary/aromatic N) is 1. The quantitative estimate of drug-likeness (QED) is 0.734. The number of hydrogen-bond acceptors (Lipinski definition) is 4. The van der Waals surface area contributed by atoms with Crippen LogP contribution < -0.4 is 10.5 Å². The van der Waals surface area contributed by atoms with Gasteiger partial charge in [-0.15, -0.1) is 0 Å². The van der Waals surface area contributed by atoms with E-state index in [-0.39, 0.29) is 11.3 Å². The Morgan fingerprint density at radius 3 is 2.76 bits per heavy atom. The maximum atomic E-state index is 14.1. The molecule has 114 valence electrons. The highest BCUT2D eigenvalue weighted by atomic mass is 32.2. The van der Waals surface area contributed by atoms with Crippen molar-refractivity contribution in [1.82, 2.24) is 14.7 Å². The molecule has 21 heavy (non-hydrogen) atoms. The Bertz CT molecular complexity index is 729. The summed E-state index contributed by atoms with van der Waals surface area (Å²) in [5.74, 6) is -0.326. The van der Waals surface area contributed by atoms with Gasteiger partial charge in [-0.1, -0.05) is 6.92 Å². The van der Waals surface area contributed by atoms with Gasteiger partial charge >= 0.3 is 0 Å². The molecule has 0 spiro atoms. The van der Waals surface area contributed by atoms with Crippen LogP contribution in [0.1, 0.15) is 30.8 Å². The van der Waals surface area contributed by atoms with Crippen LogP contribution in [0.5, 0.6) is 0 Å². The molecule has 1 atom stereocenters. The molecule has 0 fully saturated rings. The summed E-state index contributed by atoms with van der Waals surface area (Å²) in [6.45, 7) is 3.27. The summed E-state index contributed by atoms with van der Waals surface area (Å²) in [5, 5.41) is 0. The zero-order chi connectivity index (χ0) is 15.6. The number of sulfonamides is 1. The number of nitrogens with one attached hydrogen (secondary N) is 2. The van der Waals surface area contributed by atoms with Crippen LogP contribution in [0.15, 0.2) is 29.4 Å². The number of rotatable bonds is 5. The fourth-order valence-corrected chi connectivity index (χ4v) is 3.48. The van der Waals surface area contributed by atoms with Crippen molar-refractivity contribution in [2.75, 3.05) is 5.73 Å². The normalized spacial score (nSPS) is 13.3. The Labute approximate surface area is 122 Å². The van der Waals surface area contributed by atoms with Crippen molar-refractivity contribution in [3.05, 3.63) is 41.7 Å². The molecule has 1 aromatic heterocycles. The van der Waals surface area contributed by atoms with Crippen LogP contribution in [0.3, 0.4) is 0 Å². The minimum atomic E-state index is -4.04. The van der Waals surface area contributed by atoms with Crippen molar-refractivity contribution < 1.29 is 12.8 Å². The fraction of sp³-hybridized carbons (Fsp3) is 0.308. The highest BCUT2D eigenvalue weighted by Gasteiger charge is 2.25. The van der Waals surface area contributed by atoms with Crippen LogP contribution in [-0.4, -0.2) is 18.4 Å². The first-order valence-corrected chi connectivity index (χ1v) is 7.90. The van der Waals surface area contributed by atoms with E-state index in [0.717, 1.165) is 6.07 Å². The largest absolute Gasteiger partial charge is 0.399 e. The molecule has 0 bridgehead atoms. The molecule has 0 aliphatic carbocycles. The van der Waals surface area contributed by atoms with Crippen LogP contribution in [0.4, 0.5) is 10.1 Å². The topological polar surface area (TPSA) is 101 Å². The molecule has 0 amide bonds. The number of nitrogen functional groups attached to an aromatic ring is 1. The number of halogens is 1. The predicted octanol–water partition coefficient (Wildman–Crippen LogP) is 1.87. The molecule has 0 saturated heterocycles. The third-order valence-electron chi connectivity index (χ3n) is 3.09. The second-order valence-corrected chi connectivity index (χ2v) is 6.39. The highest BCUT2D eigenvalue weighted by Crippen LogP contribution is 2.24. The second-order valence-electron chi connectivity index (χ2n) is 4.71. The van der Waals surface area contributed by atoms with Gasteiger partial charge < -0.3 is 10.7 Å². The number of nitrogens with two attached hydrogens (primary N) is 1. The van der Waals surface area contributed by atoms with Crippen molar-refractivity contribution in [3.8, 4) is 0 Å².